The van der Waals surface area contributed by atoms with Crippen LogP contribution in [0.25, 0.3) is 5.65 Å². The van der Waals surface area contributed by atoms with Crippen molar-refractivity contribution >= 4 is 5.65 Å². The molecule has 0 aromatic carbocycles. The summed E-state index contributed by atoms with van der Waals surface area (Å²) >= 11 is 0. The minimum Gasteiger partial charge on any atom is -0.244 e. The summed E-state index contributed by atoms with van der Waals surface area (Å²) in [5.41, 5.74) is 0.395. The summed E-state index contributed by atoms with van der Waals surface area (Å²) < 4.78 is 2.71. The smallest absolute Gasteiger partial charge is 0.244 e. The van der Waals surface area contributed by atoms with E-state index in [0.29, 0.717) is 5.65 Å². The highest BCUT2D eigenvalue weighted by Crippen LogP contribution is 1.99. The van der Waals surface area contributed by atoms with Gasteiger partial charge in [-0.3, -0.25) is 0 Å². The minimum absolute atomic E-state index is 0.0641. The van der Waals surface area contributed by atoms with E-state index in [1.54, 1.807) is 18.3 Å². The van der Waals surface area contributed by atoms with Gasteiger partial charge in [0.05, 0.1) is 6.04 Å². The number of fused-ring (bicyclic) bond motifs is 1. The second-order valence-electron chi connectivity index (χ2n) is 3.11. The fraction of sp³-hybridized carbons (Fsp3) is 0.500. The van der Waals surface area contributed by atoms with Crippen LogP contribution < -0.4 is 5.69 Å². The van der Waals surface area contributed by atoms with Crippen LogP contribution in [-0.4, -0.2) is 19.4 Å². The van der Waals surface area contributed by atoms with Gasteiger partial charge in [0.15, 0.2) is 5.65 Å². The molecule has 2 heterocycles. The summed E-state index contributed by atoms with van der Waals surface area (Å²) in [7, 11) is 0. The van der Waals surface area contributed by atoms with Crippen molar-refractivity contribution in [1.29, 1.82) is 0 Å². The Hall–Kier alpha value is -1.65. The van der Waals surface area contributed by atoms with E-state index in [4.69, 9.17) is 0 Å². The highest BCUT2D eigenvalue weighted by Gasteiger charge is 2.08. The first-order valence-electron chi connectivity index (χ1n) is 5.12. The largest absolute Gasteiger partial charge is 0.367 e. The lowest BCUT2D eigenvalue weighted by atomic mass is 10.4. The monoisotopic (exact) mass is 208 g/mol. The summed E-state index contributed by atoms with van der Waals surface area (Å²) in [6.07, 6.45) is 1.57. The van der Waals surface area contributed by atoms with Crippen LogP contribution in [0.2, 0.25) is 0 Å². The van der Waals surface area contributed by atoms with Crippen molar-refractivity contribution in [2.45, 2.75) is 33.7 Å². The van der Waals surface area contributed by atoms with Gasteiger partial charge < -0.3 is 0 Å². The lowest BCUT2D eigenvalue weighted by molar-refractivity contribution is 0.511. The van der Waals surface area contributed by atoms with Gasteiger partial charge in [0.2, 0.25) is 0 Å². The number of hydrogen-bond donors (Lipinski definition) is 0. The Bertz CT molecular complexity index is 483. The molecule has 5 heteroatoms. The molecule has 2 rings (SSSR count). The number of hydrogen-bond acceptors (Lipinski definition) is 3. The van der Waals surface area contributed by atoms with Crippen molar-refractivity contribution in [2.24, 2.45) is 0 Å². The lowest BCUT2D eigenvalue weighted by Crippen LogP contribution is -2.23. The average Bonchev–Trinajstić information content (AvgIpc) is 2.60. The van der Waals surface area contributed by atoms with Gasteiger partial charge in [-0.2, -0.15) is 9.61 Å². The van der Waals surface area contributed by atoms with Crippen LogP contribution in [0.5, 0.6) is 0 Å². The maximum absolute atomic E-state index is 11.6. The minimum atomic E-state index is -0.189. The molecule has 0 aliphatic carbocycles. The summed E-state index contributed by atoms with van der Waals surface area (Å²) in [6, 6.07) is 3.58. The molecule has 0 saturated heterocycles. The van der Waals surface area contributed by atoms with E-state index in [9.17, 15) is 4.79 Å². The van der Waals surface area contributed by atoms with E-state index >= 15 is 0 Å². The Morgan fingerprint density at radius 1 is 1.33 bits per heavy atom. The average molecular weight is 208 g/mol. The zero-order chi connectivity index (χ0) is 11.4. The first-order chi connectivity index (χ1) is 7.20. The van der Waals surface area contributed by atoms with E-state index in [1.165, 1.54) is 9.20 Å². The van der Waals surface area contributed by atoms with E-state index in [-0.39, 0.29) is 11.7 Å². The highest BCUT2D eigenvalue weighted by molar-refractivity contribution is 5.33. The molecule has 0 amide bonds. The molecule has 0 radical (unpaired) electrons. The molecular formula is C10H16N4O. The van der Waals surface area contributed by atoms with Crippen molar-refractivity contribution in [3.05, 3.63) is 28.8 Å². The lowest BCUT2D eigenvalue weighted by Gasteiger charge is -1.99. The SMILES string of the molecule is CC.CC(C)n1nc2cccnn2c1=O. The molecule has 0 atom stereocenters. The molecule has 0 N–H and O–H groups in total. The molecule has 15 heavy (non-hydrogen) atoms. The van der Waals surface area contributed by atoms with Gasteiger partial charge >= 0.3 is 5.69 Å². The van der Waals surface area contributed by atoms with Crippen LogP contribution in [0.3, 0.4) is 0 Å². The molecule has 0 spiro atoms. The zero-order valence-electron chi connectivity index (χ0n) is 9.51. The summed E-state index contributed by atoms with van der Waals surface area (Å²) in [4.78, 5) is 11.6. The van der Waals surface area contributed by atoms with Gasteiger partial charge in [0.1, 0.15) is 0 Å². The van der Waals surface area contributed by atoms with Crippen LogP contribution in [0.15, 0.2) is 23.1 Å². The third-order valence-corrected chi connectivity index (χ3v) is 1.81. The van der Waals surface area contributed by atoms with Crippen molar-refractivity contribution < 1.29 is 0 Å². The molecule has 5 nitrogen and oxygen atoms in total. The number of rotatable bonds is 1. The molecule has 0 unspecified atom stereocenters. The molecule has 0 bridgehead atoms. The van der Waals surface area contributed by atoms with Crippen LogP contribution >= 0.6 is 0 Å². The van der Waals surface area contributed by atoms with Gasteiger partial charge in [0, 0.05) is 6.20 Å². The second-order valence-corrected chi connectivity index (χ2v) is 3.11. The van der Waals surface area contributed by atoms with Gasteiger partial charge in [0.25, 0.3) is 0 Å². The molecular weight excluding hydrogens is 192 g/mol. The number of nitrogens with zero attached hydrogens (tertiary/aromatic N) is 4. The van der Waals surface area contributed by atoms with E-state index < -0.39 is 0 Å². The maximum atomic E-state index is 11.6. The molecule has 2 aromatic heterocycles. The first kappa shape index (κ1) is 11.4. The van der Waals surface area contributed by atoms with Gasteiger partial charge in [-0.15, -0.1) is 5.10 Å². The third-order valence-electron chi connectivity index (χ3n) is 1.81. The van der Waals surface area contributed by atoms with Gasteiger partial charge in [-0.05, 0) is 26.0 Å². The van der Waals surface area contributed by atoms with Crippen LogP contribution in [0.1, 0.15) is 33.7 Å². The normalized spacial score (nSPS) is 10.2. The Morgan fingerprint density at radius 3 is 2.53 bits per heavy atom. The second kappa shape index (κ2) is 4.72. The Kier molecular flexibility index (Phi) is 3.60. The molecule has 0 fully saturated rings. The van der Waals surface area contributed by atoms with Crippen molar-refractivity contribution in [3.63, 3.8) is 0 Å². The fourth-order valence-corrected chi connectivity index (χ4v) is 1.17. The zero-order valence-corrected chi connectivity index (χ0v) is 9.51. The predicted molar refractivity (Wildman–Crippen MR) is 59.0 cm³/mol. The first-order valence-corrected chi connectivity index (χ1v) is 5.12. The molecule has 2 aromatic rings. The standard InChI is InChI=1S/C8H10N4O.C2H6/c1-6(2)11-8(13)12-7(10-11)4-3-5-9-12;1-2/h3-6H,1-2H3;1-2H3. The number of aromatic nitrogens is 4. The predicted octanol–water partition coefficient (Wildman–Crippen LogP) is 1.50. The Labute approximate surface area is 88.3 Å². The highest BCUT2D eigenvalue weighted by atomic mass is 16.2. The van der Waals surface area contributed by atoms with E-state index in [1.807, 2.05) is 27.7 Å². The Balaban J connectivity index is 0.000000531. The van der Waals surface area contributed by atoms with Crippen molar-refractivity contribution in [2.75, 3.05) is 0 Å². The maximum Gasteiger partial charge on any atom is 0.367 e. The fourth-order valence-electron chi connectivity index (χ4n) is 1.17. The topological polar surface area (TPSA) is 52.2 Å². The van der Waals surface area contributed by atoms with Gasteiger partial charge in [-0.25, -0.2) is 9.48 Å². The van der Waals surface area contributed by atoms with Crippen LogP contribution in [-0.2, 0) is 0 Å². The molecule has 0 saturated carbocycles. The molecule has 82 valence electrons. The third kappa shape index (κ3) is 2.06. The van der Waals surface area contributed by atoms with E-state index in [2.05, 4.69) is 10.2 Å². The van der Waals surface area contributed by atoms with Crippen molar-refractivity contribution in [3.8, 4) is 0 Å². The van der Waals surface area contributed by atoms with Crippen LogP contribution in [0, 0.1) is 0 Å². The molecule has 0 aliphatic rings. The Morgan fingerprint density at radius 2 is 2.00 bits per heavy atom. The quantitative estimate of drug-likeness (QED) is 0.713. The van der Waals surface area contributed by atoms with E-state index in [0.717, 1.165) is 0 Å². The van der Waals surface area contributed by atoms with Crippen molar-refractivity contribution in [1.82, 2.24) is 19.4 Å². The summed E-state index contributed by atoms with van der Waals surface area (Å²) in [5, 5.41) is 8.02. The van der Waals surface area contributed by atoms with Crippen LogP contribution in [0.4, 0.5) is 0 Å². The van der Waals surface area contributed by atoms with Gasteiger partial charge in [-0.1, -0.05) is 13.8 Å². The summed E-state index contributed by atoms with van der Waals surface area (Å²) in [5.74, 6) is 0. The summed E-state index contributed by atoms with van der Waals surface area (Å²) in [6.45, 7) is 7.82. The molecule has 0 aliphatic heterocycles.